The Hall–Kier alpha value is -2.67. The van der Waals surface area contributed by atoms with Crippen LogP contribution >= 0.6 is 15.9 Å². The van der Waals surface area contributed by atoms with Gasteiger partial charge in [-0.05, 0) is 48.4 Å². The maximum Gasteiger partial charge on any atom is 0.309 e. The van der Waals surface area contributed by atoms with Gasteiger partial charge in [0.1, 0.15) is 6.23 Å². The predicted molar refractivity (Wildman–Crippen MR) is 127 cm³/mol. The van der Waals surface area contributed by atoms with Crippen LogP contribution in [0.2, 0.25) is 0 Å². The number of carbonyl (C=O) groups excluding carboxylic acids is 2. The molecule has 3 rings (SSSR count). The molecule has 2 aromatic rings. The zero-order valence-electron chi connectivity index (χ0n) is 18.7. The van der Waals surface area contributed by atoms with Gasteiger partial charge in [-0.25, -0.2) is 8.42 Å². The number of sulfonamides is 1. The van der Waals surface area contributed by atoms with Gasteiger partial charge >= 0.3 is 11.8 Å². The van der Waals surface area contributed by atoms with Crippen LogP contribution in [0.1, 0.15) is 5.56 Å². The van der Waals surface area contributed by atoms with E-state index in [4.69, 9.17) is 14.2 Å². The van der Waals surface area contributed by atoms with Gasteiger partial charge in [0.2, 0.25) is 10.0 Å². The third-order valence-electron chi connectivity index (χ3n) is 5.15. The smallest absolute Gasteiger partial charge is 0.309 e. The minimum absolute atomic E-state index is 0.116. The van der Waals surface area contributed by atoms with Gasteiger partial charge in [-0.3, -0.25) is 9.59 Å². The van der Waals surface area contributed by atoms with E-state index in [1.807, 2.05) is 6.07 Å². The standard InChI is InChI=1S/C22H26BrN3O7S/c1-31-18-8-3-15(13-19(18)32-2)9-10-24-21(27)22(28)25-14-20-26(11-12-33-20)34(29,30)17-6-4-16(23)5-7-17/h3-8,13,20H,9-12,14H2,1-2H3,(H,24,27)(H,25,28)/t20-/m1/s1. The molecule has 2 aromatic carbocycles. The van der Waals surface area contributed by atoms with Crippen molar-refractivity contribution in [2.24, 2.45) is 0 Å². The molecule has 1 aliphatic heterocycles. The SMILES string of the molecule is COc1ccc(CCNC(=O)C(=O)NC[C@H]2OCCN2S(=O)(=O)c2ccc(Br)cc2)cc1OC. The molecule has 1 atom stereocenters. The first-order valence-electron chi connectivity index (χ1n) is 10.4. The lowest BCUT2D eigenvalue weighted by Crippen LogP contribution is -2.47. The molecular formula is C22H26BrN3O7S. The third kappa shape index (κ3) is 6.26. The second-order valence-electron chi connectivity index (χ2n) is 7.30. The van der Waals surface area contributed by atoms with Crippen LogP contribution in [0.3, 0.4) is 0 Å². The van der Waals surface area contributed by atoms with Gasteiger partial charge in [-0.2, -0.15) is 4.31 Å². The molecule has 0 unspecified atom stereocenters. The van der Waals surface area contributed by atoms with E-state index in [0.29, 0.717) is 17.9 Å². The molecule has 0 spiro atoms. The highest BCUT2D eigenvalue weighted by molar-refractivity contribution is 9.10. The highest BCUT2D eigenvalue weighted by atomic mass is 79.9. The number of nitrogens with zero attached hydrogens (tertiary/aromatic N) is 1. The molecule has 1 fully saturated rings. The van der Waals surface area contributed by atoms with Crippen LogP contribution in [0.15, 0.2) is 51.8 Å². The van der Waals surface area contributed by atoms with E-state index >= 15 is 0 Å². The zero-order chi connectivity index (χ0) is 24.7. The van der Waals surface area contributed by atoms with Gasteiger partial charge < -0.3 is 24.8 Å². The fraction of sp³-hybridized carbons (Fsp3) is 0.364. The van der Waals surface area contributed by atoms with Gasteiger partial charge in [0, 0.05) is 17.6 Å². The number of hydrogen-bond donors (Lipinski definition) is 2. The van der Waals surface area contributed by atoms with Crippen molar-refractivity contribution >= 4 is 37.8 Å². The molecule has 34 heavy (non-hydrogen) atoms. The highest BCUT2D eigenvalue weighted by Crippen LogP contribution is 2.27. The Bertz CT molecular complexity index is 1130. The van der Waals surface area contributed by atoms with E-state index in [9.17, 15) is 18.0 Å². The predicted octanol–water partition coefficient (Wildman–Crippen LogP) is 1.29. The summed E-state index contributed by atoms with van der Waals surface area (Å²) >= 11 is 3.28. The summed E-state index contributed by atoms with van der Waals surface area (Å²) in [6.45, 7) is 0.410. The van der Waals surface area contributed by atoms with Crippen molar-refractivity contribution in [3.63, 3.8) is 0 Å². The van der Waals surface area contributed by atoms with Crippen LogP contribution in [-0.4, -0.2) is 71.2 Å². The quantitative estimate of drug-likeness (QED) is 0.447. The monoisotopic (exact) mass is 555 g/mol. The molecule has 12 heteroatoms. The first kappa shape index (κ1) is 25.9. The van der Waals surface area contributed by atoms with Gasteiger partial charge in [-0.1, -0.05) is 22.0 Å². The van der Waals surface area contributed by atoms with Crippen molar-refractivity contribution in [3.05, 3.63) is 52.5 Å². The van der Waals surface area contributed by atoms with Crippen molar-refractivity contribution < 1.29 is 32.2 Å². The van der Waals surface area contributed by atoms with Crippen LogP contribution in [-0.2, 0) is 30.8 Å². The molecular weight excluding hydrogens is 530 g/mol. The van der Waals surface area contributed by atoms with Gasteiger partial charge in [-0.15, -0.1) is 0 Å². The number of carbonyl (C=O) groups is 2. The maximum atomic E-state index is 12.9. The molecule has 1 saturated heterocycles. The van der Waals surface area contributed by atoms with Crippen LogP contribution in [0.4, 0.5) is 0 Å². The molecule has 0 saturated carbocycles. The number of benzene rings is 2. The van der Waals surface area contributed by atoms with E-state index in [1.54, 1.807) is 31.4 Å². The average Bonchev–Trinajstić information content (AvgIpc) is 3.32. The molecule has 0 bridgehead atoms. The summed E-state index contributed by atoms with van der Waals surface area (Å²) in [5.41, 5.74) is 0.895. The lowest BCUT2D eigenvalue weighted by atomic mass is 10.1. The van der Waals surface area contributed by atoms with E-state index in [-0.39, 0.29) is 31.1 Å². The molecule has 2 amide bonds. The second-order valence-corrected chi connectivity index (χ2v) is 10.1. The number of nitrogens with one attached hydrogen (secondary N) is 2. The summed E-state index contributed by atoms with van der Waals surface area (Å²) in [4.78, 5) is 24.5. The summed E-state index contributed by atoms with van der Waals surface area (Å²) in [6, 6.07) is 11.6. The molecule has 0 radical (unpaired) electrons. The van der Waals surface area contributed by atoms with E-state index < -0.39 is 28.1 Å². The fourth-order valence-electron chi connectivity index (χ4n) is 3.38. The topological polar surface area (TPSA) is 123 Å². The van der Waals surface area contributed by atoms with Crippen molar-refractivity contribution in [1.82, 2.24) is 14.9 Å². The van der Waals surface area contributed by atoms with Crippen molar-refractivity contribution in [1.29, 1.82) is 0 Å². The minimum atomic E-state index is -3.81. The van der Waals surface area contributed by atoms with Crippen molar-refractivity contribution in [2.45, 2.75) is 17.5 Å². The van der Waals surface area contributed by atoms with Crippen LogP contribution < -0.4 is 20.1 Å². The van der Waals surface area contributed by atoms with E-state index in [1.165, 1.54) is 23.5 Å². The van der Waals surface area contributed by atoms with Crippen molar-refractivity contribution in [3.8, 4) is 11.5 Å². The van der Waals surface area contributed by atoms with Gasteiger partial charge in [0.05, 0.1) is 32.3 Å². The summed E-state index contributed by atoms with van der Waals surface area (Å²) < 4.78 is 43.7. The normalized spacial score (nSPS) is 16.1. The lowest BCUT2D eigenvalue weighted by Gasteiger charge is -2.22. The molecule has 184 valence electrons. The Kier molecular flexibility index (Phi) is 8.89. The summed E-state index contributed by atoms with van der Waals surface area (Å²) in [5.74, 6) is -0.521. The Balaban J connectivity index is 1.49. The number of halogens is 1. The number of hydrogen-bond acceptors (Lipinski definition) is 7. The Morgan fingerprint density at radius 1 is 1.06 bits per heavy atom. The summed E-state index contributed by atoms with van der Waals surface area (Å²) in [5, 5.41) is 4.99. The molecule has 10 nitrogen and oxygen atoms in total. The molecule has 1 heterocycles. The fourth-order valence-corrected chi connectivity index (χ4v) is 5.16. The lowest BCUT2D eigenvalue weighted by molar-refractivity contribution is -0.139. The Morgan fingerprint density at radius 2 is 1.74 bits per heavy atom. The number of methoxy groups -OCH3 is 2. The molecule has 0 aromatic heterocycles. The average molecular weight is 556 g/mol. The molecule has 0 aliphatic carbocycles. The first-order chi connectivity index (χ1) is 16.3. The first-order valence-corrected chi connectivity index (χ1v) is 12.7. The number of ether oxygens (including phenoxy) is 3. The third-order valence-corrected chi connectivity index (χ3v) is 7.59. The van der Waals surface area contributed by atoms with Crippen LogP contribution in [0, 0.1) is 0 Å². The van der Waals surface area contributed by atoms with Crippen molar-refractivity contribution in [2.75, 3.05) is 40.5 Å². The van der Waals surface area contributed by atoms with E-state index in [0.717, 1.165) is 10.0 Å². The van der Waals surface area contributed by atoms with Crippen LogP contribution in [0.5, 0.6) is 11.5 Å². The second kappa shape index (κ2) is 11.6. The largest absolute Gasteiger partial charge is 0.493 e. The van der Waals surface area contributed by atoms with Crippen LogP contribution in [0.25, 0.3) is 0 Å². The number of amides is 2. The zero-order valence-corrected chi connectivity index (χ0v) is 21.1. The summed E-state index contributed by atoms with van der Waals surface area (Å²) in [6.07, 6.45) is -0.429. The number of rotatable bonds is 9. The van der Waals surface area contributed by atoms with E-state index in [2.05, 4.69) is 26.6 Å². The minimum Gasteiger partial charge on any atom is -0.493 e. The Labute approximate surface area is 206 Å². The summed E-state index contributed by atoms with van der Waals surface area (Å²) in [7, 11) is -0.733. The van der Waals surface area contributed by atoms with Gasteiger partial charge in [0.25, 0.3) is 0 Å². The molecule has 2 N–H and O–H groups in total. The Morgan fingerprint density at radius 3 is 2.41 bits per heavy atom. The maximum absolute atomic E-state index is 12.9. The highest BCUT2D eigenvalue weighted by Gasteiger charge is 2.36. The molecule has 1 aliphatic rings. The van der Waals surface area contributed by atoms with Gasteiger partial charge in [0.15, 0.2) is 11.5 Å².